The van der Waals surface area contributed by atoms with Crippen molar-refractivity contribution in [2.75, 3.05) is 39.6 Å². The third-order valence-electron chi connectivity index (χ3n) is 2.03. The van der Waals surface area contributed by atoms with Crippen LogP contribution in [-0.2, 0) is 23.8 Å². The van der Waals surface area contributed by atoms with Gasteiger partial charge in [-0.15, -0.1) is 0 Å². The standard InChI is InChI=1S/C13H24O5/c1-3-6-17-11-13(15)5-4-7-16-8-9-18-10-12(2)14/h3-11H2,1-2H3. The van der Waals surface area contributed by atoms with E-state index in [0.29, 0.717) is 39.3 Å². The lowest BCUT2D eigenvalue weighted by molar-refractivity contribution is -0.124. The van der Waals surface area contributed by atoms with Crippen LogP contribution in [0.5, 0.6) is 0 Å². The fourth-order valence-corrected chi connectivity index (χ4v) is 1.21. The first kappa shape index (κ1) is 17.2. The Balaban J connectivity index is 3.15. The van der Waals surface area contributed by atoms with E-state index < -0.39 is 0 Å². The van der Waals surface area contributed by atoms with Gasteiger partial charge in [-0.2, -0.15) is 0 Å². The van der Waals surface area contributed by atoms with Crippen LogP contribution in [0.2, 0.25) is 0 Å². The molecule has 0 unspecified atom stereocenters. The van der Waals surface area contributed by atoms with Crippen molar-refractivity contribution in [3.05, 3.63) is 0 Å². The number of carbonyl (C=O) groups excluding carboxylic acids is 2. The molecule has 0 heterocycles. The van der Waals surface area contributed by atoms with Gasteiger partial charge in [0.05, 0.1) is 13.2 Å². The fraction of sp³-hybridized carbons (Fsp3) is 0.846. The molecular weight excluding hydrogens is 236 g/mol. The predicted molar refractivity (Wildman–Crippen MR) is 67.7 cm³/mol. The van der Waals surface area contributed by atoms with Gasteiger partial charge in [-0.25, -0.2) is 0 Å². The number of hydrogen-bond donors (Lipinski definition) is 0. The van der Waals surface area contributed by atoms with Crippen LogP contribution in [0.4, 0.5) is 0 Å². The van der Waals surface area contributed by atoms with Gasteiger partial charge in [-0.1, -0.05) is 6.92 Å². The Labute approximate surface area is 109 Å². The highest BCUT2D eigenvalue weighted by molar-refractivity contribution is 5.79. The van der Waals surface area contributed by atoms with E-state index in [2.05, 4.69) is 0 Å². The number of hydrogen-bond acceptors (Lipinski definition) is 5. The normalized spacial score (nSPS) is 10.6. The average Bonchev–Trinajstić information content (AvgIpc) is 2.32. The number of Topliss-reactive ketones (excluding diaryl/α,β-unsaturated/α-hetero) is 2. The summed E-state index contributed by atoms with van der Waals surface area (Å²) in [7, 11) is 0. The van der Waals surface area contributed by atoms with E-state index >= 15 is 0 Å². The molecule has 0 radical (unpaired) electrons. The first-order valence-corrected chi connectivity index (χ1v) is 6.41. The minimum Gasteiger partial charge on any atom is -0.379 e. The van der Waals surface area contributed by atoms with E-state index in [1.807, 2.05) is 6.92 Å². The van der Waals surface area contributed by atoms with Crippen LogP contribution >= 0.6 is 0 Å². The zero-order valence-corrected chi connectivity index (χ0v) is 11.4. The van der Waals surface area contributed by atoms with Crippen LogP contribution in [0.1, 0.15) is 33.1 Å². The Bertz CT molecular complexity index is 227. The topological polar surface area (TPSA) is 61.8 Å². The van der Waals surface area contributed by atoms with Gasteiger partial charge >= 0.3 is 0 Å². The van der Waals surface area contributed by atoms with E-state index in [1.54, 1.807) is 0 Å². The van der Waals surface area contributed by atoms with Crippen LogP contribution in [0, 0.1) is 0 Å². The molecule has 0 aliphatic carbocycles. The first-order chi connectivity index (χ1) is 8.66. The van der Waals surface area contributed by atoms with Gasteiger partial charge in [-0.05, 0) is 19.8 Å². The van der Waals surface area contributed by atoms with Crippen molar-refractivity contribution in [3.63, 3.8) is 0 Å². The maximum absolute atomic E-state index is 11.3. The molecule has 106 valence electrons. The molecule has 0 saturated carbocycles. The summed E-state index contributed by atoms with van der Waals surface area (Å²) in [5.74, 6) is 0.118. The van der Waals surface area contributed by atoms with Crippen molar-refractivity contribution in [2.24, 2.45) is 0 Å². The fourth-order valence-electron chi connectivity index (χ4n) is 1.21. The zero-order chi connectivity index (χ0) is 13.6. The first-order valence-electron chi connectivity index (χ1n) is 6.41. The second-order valence-corrected chi connectivity index (χ2v) is 4.06. The summed E-state index contributed by atoms with van der Waals surface area (Å²) in [5, 5.41) is 0. The van der Waals surface area contributed by atoms with Gasteiger partial charge in [-0.3, -0.25) is 9.59 Å². The van der Waals surface area contributed by atoms with Crippen LogP contribution in [0.15, 0.2) is 0 Å². The van der Waals surface area contributed by atoms with Crippen LogP contribution in [0.25, 0.3) is 0 Å². The van der Waals surface area contributed by atoms with Gasteiger partial charge in [0.2, 0.25) is 0 Å². The van der Waals surface area contributed by atoms with E-state index in [4.69, 9.17) is 14.2 Å². The summed E-state index contributed by atoms with van der Waals surface area (Å²) in [6.07, 6.45) is 2.11. The minimum atomic E-state index is 0.00711. The Hall–Kier alpha value is -0.780. The number of ether oxygens (including phenoxy) is 3. The minimum absolute atomic E-state index is 0.00711. The highest BCUT2D eigenvalue weighted by atomic mass is 16.5. The van der Waals surface area contributed by atoms with Crippen molar-refractivity contribution in [3.8, 4) is 0 Å². The summed E-state index contributed by atoms with van der Waals surface area (Å²) in [6.45, 7) is 5.85. The van der Waals surface area contributed by atoms with Crippen LogP contribution in [0.3, 0.4) is 0 Å². The van der Waals surface area contributed by atoms with E-state index in [0.717, 1.165) is 6.42 Å². The van der Waals surface area contributed by atoms with Crippen LogP contribution < -0.4 is 0 Å². The SMILES string of the molecule is CCCOCC(=O)CCCOCCOCC(C)=O. The number of carbonyl (C=O) groups is 2. The third kappa shape index (κ3) is 13.3. The molecule has 0 atom stereocenters. The van der Waals surface area contributed by atoms with Gasteiger partial charge in [0.25, 0.3) is 0 Å². The maximum atomic E-state index is 11.3. The van der Waals surface area contributed by atoms with Crippen molar-refractivity contribution in [1.82, 2.24) is 0 Å². The molecule has 0 bridgehead atoms. The highest BCUT2D eigenvalue weighted by Gasteiger charge is 2.01. The van der Waals surface area contributed by atoms with E-state index in [-0.39, 0.29) is 24.8 Å². The molecule has 5 nitrogen and oxygen atoms in total. The highest BCUT2D eigenvalue weighted by Crippen LogP contribution is 1.94. The third-order valence-corrected chi connectivity index (χ3v) is 2.03. The van der Waals surface area contributed by atoms with Crippen molar-refractivity contribution in [1.29, 1.82) is 0 Å². The summed E-state index contributed by atoms with van der Waals surface area (Å²) in [6, 6.07) is 0. The molecule has 0 rings (SSSR count). The Morgan fingerprint density at radius 3 is 2.22 bits per heavy atom. The van der Waals surface area contributed by atoms with Gasteiger partial charge in [0, 0.05) is 19.6 Å². The molecule has 5 heteroatoms. The molecule has 0 N–H and O–H groups in total. The Kier molecular flexibility index (Phi) is 12.1. The smallest absolute Gasteiger partial charge is 0.158 e. The van der Waals surface area contributed by atoms with E-state index in [1.165, 1.54) is 6.92 Å². The molecule has 0 aliphatic rings. The summed E-state index contributed by atoms with van der Waals surface area (Å²) in [5.41, 5.74) is 0. The molecule has 0 saturated heterocycles. The zero-order valence-electron chi connectivity index (χ0n) is 11.4. The molecule has 0 aromatic carbocycles. The van der Waals surface area contributed by atoms with Crippen LogP contribution in [-0.4, -0.2) is 51.2 Å². The second-order valence-electron chi connectivity index (χ2n) is 4.06. The molecule has 0 spiro atoms. The molecular formula is C13H24O5. The predicted octanol–water partition coefficient (Wildman–Crippen LogP) is 1.38. The molecule has 18 heavy (non-hydrogen) atoms. The largest absolute Gasteiger partial charge is 0.379 e. The monoisotopic (exact) mass is 260 g/mol. The summed E-state index contributed by atoms with van der Waals surface area (Å²) in [4.78, 5) is 21.8. The lowest BCUT2D eigenvalue weighted by Gasteiger charge is -2.05. The molecule has 0 fully saturated rings. The quantitative estimate of drug-likeness (QED) is 0.468. The average molecular weight is 260 g/mol. The molecule has 0 amide bonds. The number of rotatable bonds is 13. The molecule has 0 aliphatic heterocycles. The van der Waals surface area contributed by atoms with Crippen molar-refractivity contribution < 1.29 is 23.8 Å². The maximum Gasteiger partial charge on any atom is 0.158 e. The van der Waals surface area contributed by atoms with Crippen molar-refractivity contribution >= 4 is 11.6 Å². The van der Waals surface area contributed by atoms with Gasteiger partial charge in [0.1, 0.15) is 13.2 Å². The summed E-state index contributed by atoms with van der Waals surface area (Å²) >= 11 is 0. The molecule has 0 aromatic heterocycles. The van der Waals surface area contributed by atoms with Crippen molar-refractivity contribution in [2.45, 2.75) is 33.1 Å². The van der Waals surface area contributed by atoms with Gasteiger partial charge < -0.3 is 14.2 Å². The lowest BCUT2D eigenvalue weighted by atomic mass is 10.2. The van der Waals surface area contributed by atoms with E-state index in [9.17, 15) is 9.59 Å². The Morgan fingerprint density at radius 1 is 0.889 bits per heavy atom. The number of ketones is 2. The van der Waals surface area contributed by atoms with Gasteiger partial charge in [0.15, 0.2) is 11.6 Å². The Morgan fingerprint density at radius 2 is 1.56 bits per heavy atom. The molecule has 0 aromatic rings. The second kappa shape index (κ2) is 12.7. The summed E-state index contributed by atoms with van der Waals surface area (Å²) < 4.78 is 15.4. The lowest BCUT2D eigenvalue weighted by Crippen LogP contribution is -2.12.